The molecule has 1 rings (SSSR count). The van der Waals surface area contributed by atoms with Crippen LogP contribution in [0.3, 0.4) is 0 Å². The highest BCUT2D eigenvalue weighted by Crippen LogP contribution is 2.22. The van der Waals surface area contributed by atoms with Gasteiger partial charge in [0.1, 0.15) is 4.90 Å². The van der Waals surface area contributed by atoms with Gasteiger partial charge in [-0.05, 0) is 25.2 Å². The normalized spacial score (nSPS) is 11.1. The zero-order chi connectivity index (χ0) is 17.5. The van der Waals surface area contributed by atoms with E-state index in [1.54, 1.807) is 0 Å². The number of benzene rings is 1. The topological polar surface area (TPSA) is 111 Å². The molecule has 0 spiro atoms. The Balaban J connectivity index is 2.74. The average Bonchev–Trinajstić information content (AvgIpc) is 2.53. The molecule has 0 aliphatic rings. The maximum atomic E-state index is 11.9. The molecule has 0 aliphatic heterocycles. The van der Waals surface area contributed by atoms with Crippen LogP contribution in [0.15, 0.2) is 23.1 Å². The Morgan fingerprint density at radius 1 is 1.30 bits per heavy atom. The fourth-order valence-corrected chi connectivity index (χ4v) is 2.75. The van der Waals surface area contributed by atoms with Crippen molar-refractivity contribution in [3.8, 4) is 0 Å². The minimum Gasteiger partial charge on any atom is -0.452 e. The smallest absolute Gasteiger partial charge is 0.338 e. The zero-order valence-corrected chi connectivity index (χ0v) is 14.2. The van der Waals surface area contributed by atoms with Crippen LogP contribution in [0, 0.1) is 0 Å². The molecule has 10 heteroatoms. The van der Waals surface area contributed by atoms with E-state index >= 15 is 0 Å². The van der Waals surface area contributed by atoms with Crippen molar-refractivity contribution in [1.29, 1.82) is 0 Å². The van der Waals surface area contributed by atoms with E-state index in [0.717, 1.165) is 6.07 Å². The van der Waals surface area contributed by atoms with Crippen molar-refractivity contribution >= 4 is 33.5 Å². The molecule has 8 nitrogen and oxygen atoms in total. The van der Waals surface area contributed by atoms with E-state index < -0.39 is 28.5 Å². The number of amides is 1. The summed E-state index contributed by atoms with van der Waals surface area (Å²) in [7, 11) is -1.10. The lowest BCUT2D eigenvalue weighted by molar-refractivity contribution is -0.124. The second-order valence-corrected chi connectivity index (χ2v) is 6.53. The Bertz CT molecular complexity index is 677. The number of rotatable bonds is 8. The van der Waals surface area contributed by atoms with Crippen LogP contribution in [0.4, 0.5) is 0 Å². The first-order valence-corrected chi connectivity index (χ1v) is 8.33. The quantitative estimate of drug-likeness (QED) is 0.502. The van der Waals surface area contributed by atoms with Gasteiger partial charge in [-0.1, -0.05) is 11.6 Å². The van der Waals surface area contributed by atoms with E-state index in [4.69, 9.17) is 21.1 Å². The first kappa shape index (κ1) is 19.4. The summed E-state index contributed by atoms with van der Waals surface area (Å²) in [6.07, 6.45) is 0. The van der Waals surface area contributed by atoms with Gasteiger partial charge < -0.3 is 14.8 Å². The molecule has 1 aromatic carbocycles. The average molecular weight is 365 g/mol. The van der Waals surface area contributed by atoms with E-state index in [1.165, 1.54) is 26.3 Å². The number of carbonyl (C=O) groups is 2. The number of carbonyl (C=O) groups excluding carboxylic acids is 2. The molecule has 128 valence electrons. The predicted octanol–water partition coefficient (Wildman–Crippen LogP) is 0.168. The summed E-state index contributed by atoms with van der Waals surface area (Å²) in [6, 6.07) is 3.66. The van der Waals surface area contributed by atoms with E-state index in [1.807, 2.05) is 0 Å². The van der Waals surface area contributed by atoms with Crippen LogP contribution in [0.1, 0.15) is 10.4 Å². The van der Waals surface area contributed by atoms with E-state index in [0.29, 0.717) is 13.2 Å². The lowest BCUT2D eigenvalue weighted by Gasteiger charge is -2.09. The second kappa shape index (κ2) is 8.82. The summed E-state index contributed by atoms with van der Waals surface area (Å²) in [4.78, 5) is 23.0. The Morgan fingerprint density at radius 2 is 2.00 bits per heavy atom. The molecule has 23 heavy (non-hydrogen) atoms. The van der Waals surface area contributed by atoms with Crippen molar-refractivity contribution in [2.24, 2.45) is 0 Å². The molecule has 0 heterocycles. The summed E-state index contributed by atoms with van der Waals surface area (Å²) in [5.74, 6) is -1.33. The molecular formula is C13H17ClN2O6S. The number of methoxy groups -OCH3 is 1. The summed E-state index contributed by atoms with van der Waals surface area (Å²) < 4.78 is 35.2. The van der Waals surface area contributed by atoms with Crippen molar-refractivity contribution in [2.75, 3.05) is 33.9 Å². The van der Waals surface area contributed by atoms with Crippen molar-refractivity contribution < 1.29 is 27.5 Å². The number of sulfonamides is 1. The zero-order valence-electron chi connectivity index (χ0n) is 12.6. The highest BCUT2D eigenvalue weighted by Gasteiger charge is 2.19. The van der Waals surface area contributed by atoms with Crippen molar-refractivity contribution in [3.63, 3.8) is 0 Å². The van der Waals surface area contributed by atoms with Crippen LogP contribution < -0.4 is 10.0 Å². The minimum absolute atomic E-state index is 0.0341. The number of nitrogens with one attached hydrogen (secondary N) is 2. The van der Waals surface area contributed by atoms with Gasteiger partial charge in [-0.15, -0.1) is 0 Å². The molecule has 1 amide bonds. The first-order valence-electron chi connectivity index (χ1n) is 6.47. The third-order valence-corrected chi connectivity index (χ3v) is 4.58. The van der Waals surface area contributed by atoms with Crippen molar-refractivity contribution in [1.82, 2.24) is 10.0 Å². The highest BCUT2D eigenvalue weighted by molar-refractivity contribution is 7.89. The summed E-state index contributed by atoms with van der Waals surface area (Å²) in [5.41, 5.74) is -0.0343. The maximum absolute atomic E-state index is 11.9. The lowest BCUT2D eigenvalue weighted by atomic mass is 10.2. The third-order valence-electron chi connectivity index (χ3n) is 2.69. The molecule has 0 saturated carbocycles. The van der Waals surface area contributed by atoms with Gasteiger partial charge in [0.15, 0.2) is 6.61 Å². The molecule has 1 aromatic rings. The monoisotopic (exact) mass is 364 g/mol. The summed E-state index contributed by atoms with van der Waals surface area (Å²) in [6.45, 7) is 0.139. The van der Waals surface area contributed by atoms with Gasteiger partial charge in [0.25, 0.3) is 5.91 Å². The Labute approximate surface area is 139 Å². The highest BCUT2D eigenvalue weighted by atomic mass is 35.5. The Kier molecular flexibility index (Phi) is 7.43. The Morgan fingerprint density at radius 3 is 2.61 bits per heavy atom. The third kappa shape index (κ3) is 5.79. The van der Waals surface area contributed by atoms with Crippen molar-refractivity contribution in [3.05, 3.63) is 28.8 Å². The van der Waals surface area contributed by atoms with E-state index in [2.05, 4.69) is 10.0 Å². The van der Waals surface area contributed by atoms with Gasteiger partial charge in [0, 0.05) is 13.7 Å². The molecule has 0 aliphatic carbocycles. The van der Waals surface area contributed by atoms with Gasteiger partial charge in [-0.3, -0.25) is 4.79 Å². The van der Waals surface area contributed by atoms with Gasteiger partial charge in [0.05, 0.1) is 17.2 Å². The van der Waals surface area contributed by atoms with Crippen LogP contribution >= 0.6 is 11.6 Å². The summed E-state index contributed by atoms with van der Waals surface area (Å²) in [5, 5.41) is 2.44. The molecule has 0 atom stereocenters. The number of hydrogen-bond donors (Lipinski definition) is 2. The molecule has 0 fully saturated rings. The lowest BCUT2D eigenvalue weighted by Crippen LogP contribution is -2.31. The van der Waals surface area contributed by atoms with Gasteiger partial charge in [-0.2, -0.15) is 0 Å². The SMILES string of the molecule is CNS(=O)(=O)c1cc(C(=O)OCC(=O)NCCOC)ccc1Cl. The fourth-order valence-electron chi connectivity index (χ4n) is 1.50. The van der Waals surface area contributed by atoms with Crippen LogP contribution in [0.2, 0.25) is 5.02 Å². The van der Waals surface area contributed by atoms with Crippen LogP contribution in [0.5, 0.6) is 0 Å². The first-order chi connectivity index (χ1) is 10.8. The second-order valence-electron chi connectivity index (χ2n) is 4.27. The number of esters is 1. The molecule has 0 bridgehead atoms. The molecular weight excluding hydrogens is 348 g/mol. The van der Waals surface area contributed by atoms with Gasteiger partial charge >= 0.3 is 5.97 Å². The molecule has 0 unspecified atom stereocenters. The summed E-state index contributed by atoms with van der Waals surface area (Å²) >= 11 is 5.82. The molecule has 0 saturated heterocycles. The van der Waals surface area contributed by atoms with E-state index in [-0.39, 0.29) is 15.5 Å². The molecule has 2 N–H and O–H groups in total. The van der Waals surface area contributed by atoms with Gasteiger partial charge in [-0.25, -0.2) is 17.9 Å². The maximum Gasteiger partial charge on any atom is 0.338 e. The van der Waals surface area contributed by atoms with Gasteiger partial charge in [0.2, 0.25) is 10.0 Å². The Hall–Kier alpha value is -1.68. The molecule has 0 radical (unpaired) electrons. The molecule has 0 aromatic heterocycles. The minimum atomic E-state index is -3.81. The van der Waals surface area contributed by atoms with Crippen LogP contribution in [-0.4, -0.2) is 54.2 Å². The van der Waals surface area contributed by atoms with Crippen LogP contribution in [-0.2, 0) is 24.3 Å². The number of hydrogen-bond acceptors (Lipinski definition) is 6. The predicted molar refractivity (Wildman–Crippen MR) is 82.9 cm³/mol. The number of halogens is 1. The van der Waals surface area contributed by atoms with E-state index in [9.17, 15) is 18.0 Å². The standard InChI is InChI=1S/C13H17ClN2O6S/c1-15-23(19,20)11-7-9(3-4-10(11)14)13(18)22-8-12(17)16-5-6-21-2/h3-4,7,15H,5-6,8H2,1-2H3,(H,16,17). The van der Waals surface area contributed by atoms with Crippen LogP contribution in [0.25, 0.3) is 0 Å². The number of ether oxygens (including phenoxy) is 2. The fraction of sp³-hybridized carbons (Fsp3) is 0.385. The van der Waals surface area contributed by atoms with Crippen molar-refractivity contribution in [2.45, 2.75) is 4.90 Å². The largest absolute Gasteiger partial charge is 0.452 e.